The Morgan fingerprint density at radius 3 is 2.55 bits per heavy atom. The molecule has 1 aromatic heterocycles. The van der Waals surface area contributed by atoms with Gasteiger partial charge in [-0.3, -0.25) is 0 Å². The summed E-state index contributed by atoms with van der Waals surface area (Å²) in [5, 5.41) is 0. The first-order valence-corrected chi connectivity index (χ1v) is 6.61. The van der Waals surface area contributed by atoms with E-state index in [0.29, 0.717) is 0 Å². The Morgan fingerprint density at radius 1 is 1.15 bits per heavy atom. The van der Waals surface area contributed by atoms with E-state index in [-0.39, 0.29) is 0 Å². The molecule has 0 amide bonds. The third-order valence-electron chi connectivity index (χ3n) is 2.87. The Bertz CT molecular complexity index is 652. The van der Waals surface area contributed by atoms with Gasteiger partial charge in [-0.15, -0.1) is 0 Å². The molecule has 0 spiro atoms. The molecule has 1 aromatic carbocycles. The zero-order valence-electron chi connectivity index (χ0n) is 11.9. The van der Waals surface area contributed by atoms with Crippen LogP contribution in [0, 0.1) is 6.92 Å². The van der Waals surface area contributed by atoms with E-state index in [0.717, 1.165) is 28.3 Å². The van der Waals surface area contributed by atoms with E-state index in [1.807, 2.05) is 74.5 Å². The highest BCUT2D eigenvalue weighted by molar-refractivity contribution is 5.73. The number of aryl methyl sites for hydroxylation is 1. The van der Waals surface area contributed by atoms with Crippen molar-refractivity contribution in [3.63, 3.8) is 0 Å². The minimum absolute atomic E-state index is 0.744. The van der Waals surface area contributed by atoms with Crippen molar-refractivity contribution in [3.8, 4) is 11.4 Å². The Labute approximate surface area is 120 Å². The van der Waals surface area contributed by atoms with E-state index < -0.39 is 0 Å². The minimum atomic E-state index is 0.744. The van der Waals surface area contributed by atoms with Crippen LogP contribution >= 0.6 is 0 Å². The maximum Gasteiger partial charge on any atom is 0.160 e. The average molecular weight is 262 g/mol. The quantitative estimate of drug-likeness (QED) is 0.753. The summed E-state index contributed by atoms with van der Waals surface area (Å²) in [5.74, 6) is 0.744. The van der Waals surface area contributed by atoms with Crippen LogP contribution in [0.25, 0.3) is 17.0 Å². The lowest BCUT2D eigenvalue weighted by Crippen LogP contribution is -1.96. The third-order valence-corrected chi connectivity index (χ3v) is 2.87. The molecule has 0 saturated heterocycles. The highest BCUT2D eigenvalue weighted by atomic mass is 14.9. The van der Waals surface area contributed by atoms with Crippen LogP contribution in [0.4, 0.5) is 0 Å². The molecule has 1 heterocycles. The van der Waals surface area contributed by atoms with Crippen LogP contribution in [0.1, 0.15) is 18.3 Å². The van der Waals surface area contributed by atoms with Gasteiger partial charge in [-0.1, -0.05) is 61.2 Å². The molecule has 0 bridgehead atoms. The van der Waals surface area contributed by atoms with Crippen LogP contribution < -0.4 is 0 Å². The molecule has 0 fully saturated rings. The summed E-state index contributed by atoms with van der Waals surface area (Å²) in [6.07, 6.45) is 7.78. The normalized spacial score (nSPS) is 11.8. The molecule has 20 heavy (non-hydrogen) atoms. The average Bonchev–Trinajstić information content (AvgIpc) is 2.48. The molecule has 2 aromatic rings. The zero-order valence-corrected chi connectivity index (χ0v) is 11.9. The first-order valence-electron chi connectivity index (χ1n) is 6.61. The van der Waals surface area contributed by atoms with Crippen LogP contribution in [-0.4, -0.2) is 9.97 Å². The lowest BCUT2D eigenvalue weighted by atomic mass is 10.1. The summed E-state index contributed by atoms with van der Waals surface area (Å²) in [6.45, 7) is 7.82. The Balaban J connectivity index is 2.51. The van der Waals surface area contributed by atoms with Gasteiger partial charge in [0.05, 0.1) is 5.69 Å². The maximum absolute atomic E-state index is 4.64. The number of aromatic nitrogens is 2. The number of nitrogens with zero attached hydrogens (tertiary/aromatic N) is 2. The topological polar surface area (TPSA) is 25.8 Å². The molecule has 2 nitrogen and oxygen atoms in total. The molecule has 0 atom stereocenters. The molecular weight excluding hydrogens is 244 g/mol. The number of rotatable bonds is 4. The predicted octanol–water partition coefficient (Wildman–Crippen LogP) is 4.60. The van der Waals surface area contributed by atoms with Crippen molar-refractivity contribution >= 4 is 5.57 Å². The first-order chi connectivity index (χ1) is 9.74. The molecular formula is C18H18N2. The summed E-state index contributed by atoms with van der Waals surface area (Å²) in [6, 6.07) is 12.0. The van der Waals surface area contributed by atoms with Crippen molar-refractivity contribution in [2.45, 2.75) is 13.8 Å². The van der Waals surface area contributed by atoms with Gasteiger partial charge in [0.2, 0.25) is 0 Å². The van der Waals surface area contributed by atoms with E-state index in [9.17, 15) is 0 Å². The highest BCUT2D eigenvalue weighted by Crippen LogP contribution is 2.20. The van der Waals surface area contributed by atoms with Gasteiger partial charge < -0.3 is 0 Å². The Kier molecular flexibility index (Phi) is 4.61. The van der Waals surface area contributed by atoms with Gasteiger partial charge in [-0.25, -0.2) is 9.97 Å². The van der Waals surface area contributed by atoms with Crippen molar-refractivity contribution in [1.82, 2.24) is 9.97 Å². The van der Waals surface area contributed by atoms with E-state index in [4.69, 9.17) is 0 Å². The van der Waals surface area contributed by atoms with E-state index in [1.165, 1.54) is 0 Å². The largest absolute Gasteiger partial charge is 0.233 e. The fourth-order valence-corrected chi connectivity index (χ4v) is 1.89. The summed E-state index contributed by atoms with van der Waals surface area (Å²) in [5.41, 5.74) is 3.85. The molecule has 0 unspecified atom stereocenters. The Hall–Kier alpha value is -2.48. The lowest BCUT2D eigenvalue weighted by Gasteiger charge is -2.06. The summed E-state index contributed by atoms with van der Waals surface area (Å²) >= 11 is 0. The van der Waals surface area contributed by atoms with Crippen LogP contribution in [0.3, 0.4) is 0 Å². The van der Waals surface area contributed by atoms with Crippen LogP contribution in [0.2, 0.25) is 0 Å². The monoisotopic (exact) mass is 262 g/mol. The second kappa shape index (κ2) is 6.62. The predicted molar refractivity (Wildman–Crippen MR) is 85.2 cm³/mol. The number of hydrogen-bond acceptors (Lipinski definition) is 2. The van der Waals surface area contributed by atoms with Gasteiger partial charge in [-0.05, 0) is 25.5 Å². The minimum Gasteiger partial charge on any atom is -0.233 e. The number of allylic oxidation sites excluding steroid dienone is 5. The van der Waals surface area contributed by atoms with Gasteiger partial charge in [0.15, 0.2) is 5.82 Å². The first kappa shape index (κ1) is 13.9. The van der Waals surface area contributed by atoms with Crippen LogP contribution in [-0.2, 0) is 0 Å². The van der Waals surface area contributed by atoms with Crippen molar-refractivity contribution in [2.24, 2.45) is 0 Å². The van der Waals surface area contributed by atoms with Gasteiger partial charge in [0.1, 0.15) is 0 Å². The highest BCUT2D eigenvalue weighted by Gasteiger charge is 2.06. The molecule has 0 aliphatic carbocycles. The molecule has 2 heteroatoms. The summed E-state index contributed by atoms with van der Waals surface area (Å²) in [4.78, 5) is 9.15. The van der Waals surface area contributed by atoms with Gasteiger partial charge in [0, 0.05) is 11.3 Å². The summed E-state index contributed by atoms with van der Waals surface area (Å²) in [7, 11) is 0. The Morgan fingerprint density at radius 2 is 1.90 bits per heavy atom. The van der Waals surface area contributed by atoms with E-state index in [1.54, 1.807) is 0 Å². The maximum atomic E-state index is 4.64. The number of benzene rings is 1. The lowest BCUT2D eigenvalue weighted by molar-refractivity contribution is 1.09. The van der Waals surface area contributed by atoms with Crippen LogP contribution in [0.15, 0.2) is 67.3 Å². The van der Waals surface area contributed by atoms with Crippen molar-refractivity contribution < 1.29 is 0 Å². The fraction of sp³-hybridized carbons (Fsp3) is 0.111. The van der Waals surface area contributed by atoms with Crippen molar-refractivity contribution in [2.75, 3.05) is 0 Å². The van der Waals surface area contributed by atoms with Crippen LogP contribution in [0.5, 0.6) is 0 Å². The molecule has 0 radical (unpaired) electrons. The smallest absolute Gasteiger partial charge is 0.160 e. The van der Waals surface area contributed by atoms with E-state index >= 15 is 0 Å². The molecule has 2 rings (SSSR count). The SMILES string of the molecule is C=C/C(=C\C=C/C)c1cc(C)nc(-c2ccccc2)n1. The van der Waals surface area contributed by atoms with Gasteiger partial charge in [0.25, 0.3) is 0 Å². The van der Waals surface area contributed by atoms with Crippen molar-refractivity contribution in [1.29, 1.82) is 0 Å². The fourth-order valence-electron chi connectivity index (χ4n) is 1.89. The number of hydrogen-bond donors (Lipinski definition) is 0. The molecule has 0 aliphatic heterocycles. The summed E-state index contributed by atoms with van der Waals surface area (Å²) < 4.78 is 0. The molecule has 100 valence electrons. The standard InChI is InChI=1S/C18H18N2/c1-4-6-10-15(5-2)17-13-14(3)19-18(20-17)16-11-8-7-9-12-16/h4-13H,2H2,1,3H3/b6-4-,15-10+. The van der Waals surface area contributed by atoms with Gasteiger partial charge in [-0.2, -0.15) is 0 Å². The molecule has 0 aliphatic rings. The second-order valence-electron chi connectivity index (χ2n) is 4.44. The zero-order chi connectivity index (χ0) is 14.4. The van der Waals surface area contributed by atoms with Gasteiger partial charge >= 0.3 is 0 Å². The third kappa shape index (κ3) is 3.29. The molecule has 0 saturated carbocycles. The molecule has 0 N–H and O–H groups in total. The van der Waals surface area contributed by atoms with E-state index in [2.05, 4.69) is 16.5 Å². The van der Waals surface area contributed by atoms with Crippen molar-refractivity contribution in [3.05, 3.63) is 78.7 Å². The second-order valence-corrected chi connectivity index (χ2v) is 4.44.